The molecular formula is C14H15BrN4O. The number of hydrogen-bond donors (Lipinski definition) is 2. The molecule has 20 heavy (non-hydrogen) atoms. The number of halogens is 1. The monoisotopic (exact) mass is 334 g/mol. The molecule has 0 amide bonds. The Labute approximate surface area is 124 Å². The summed E-state index contributed by atoms with van der Waals surface area (Å²) >= 11 is 3.35. The summed E-state index contributed by atoms with van der Waals surface area (Å²) in [4.78, 5) is 12.2. The van der Waals surface area contributed by atoms with Crippen molar-refractivity contribution in [1.82, 2.24) is 9.78 Å². The fourth-order valence-corrected chi connectivity index (χ4v) is 2.41. The first-order chi connectivity index (χ1) is 9.63. The van der Waals surface area contributed by atoms with Crippen molar-refractivity contribution in [3.8, 4) is 0 Å². The van der Waals surface area contributed by atoms with Gasteiger partial charge in [0.2, 0.25) is 0 Å². The SMILES string of the molecule is Nc1cccc(Nc2cnn(CC3CC3)c(=O)c2Br)c1. The smallest absolute Gasteiger partial charge is 0.283 e. The third-order valence-corrected chi connectivity index (χ3v) is 4.04. The van der Waals surface area contributed by atoms with Crippen molar-refractivity contribution in [2.45, 2.75) is 19.4 Å². The highest BCUT2D eigenvalue weighted by molar-refractivity contribution is 9.10. The van der Waals surface area contributed by atoms with E-state index in [0.29, 0.717) is 28.3 Å². The Morgan fingerprint density at radius 2 is 2.25 bits per heavy atom. The quantitative estimate of drug-likeness (QED) is 0.843. The van der Waals surface area contributed by atoms with Crippen LogP contribution in [0, 0.1) is 5.92 Å². The van der Waals surface area contributed by atoms with Gasteiger partial charge in [-0.3, -0.25) is 4.79 Å². The molecule has 1 aliphatic carbocycles. The Hall–Kier alpha value is -1.82. The molecule has 1 heterocycles. The predicted molar refractivity (Wildman–Crippen MR) is 83.1 cm³/mol. The molecule has 104 valence electrons. The number of nitrogens with zero attached hydrogens (tertiary/aromatic N) is 2. The molecular weight excluding hydrogens is 320 g/mol. The third-order valence-electron chi connectivity index (χ3n) is 3.28. The van der Waals surface area contributed by atoms with Crippen molar-refractivity contribution in [1.29, 1.82) is 0 Å². The second-order valence-corrected chi connectivity index (χ2v) is 5.85. The minimum Gasteiger partial charge on any atom is -0.399 e. The topological polar surface area (TPSA) is 72.9 Å². The van der Waals surface area contributed by atoms with Gasteiger partial charge >= 0.3 is 0 Å². The summed E-state index contributed by atoms with van der Waals surface area (Å²) in [6.07, 6.45) is 4.04. The van der Waals surface area contributed by atoms with Crippen molar-refractivity contribution in [2.24, 2.45) is 5.92 Å². The largest absolute Gasteiger partial charge is 0.399 e. The molecule has 0 radical (unpaired) electrons. The molecule has 0 aliphatic heterocycles. The van der Waals surface area contributed by atoms with E-state index in [-0.39, 0.29) is 5.56 Å². The van der Waals surface area contributed by atoms with Crippen LogP contribution in [0.3, 0.4) is 0 Å². The molecule has 0 unspecified atom stereocenters. The Morgan fingerprint density at radius 3 is 2.95 bits per heavy atom. The lowest BCUT2D eigenvalue weighted by atomic mass is 10.3. The van der Waals surface area contributed by atoms with E-state index in [9.17, 15) is 4.79 Å². The maximum atomic E-state index is 12.2. The van der Waals surface area contributed by atoms with E-state index in [0.717, 1.165) is 5.69 Å². The maximum Gasteiger partial charge on any atom is 0.283 e. The van der Waals surface area contributed by atoms with E-state index in [1.807, 2.05) is 24.3 Å². The average molecular weight is 335 g/mol. The standard InChI is InChI=1S/C14H15BrN4O/c15-13-12(18-11-3-1-2-10(16)6-11)7-17-19(14(13)20)8-9-4-5-9/h1-3,6-7,9,18H,4-5,8,16H2. The minimum atomic E-state index is -0.106. The third kappa shape index (κ3) is 2.85. The summed E-state index contributed by atoms with van der Waals surface area (Å²) < 4.78 is 2.02. The second kappa shape index (κ2) is 5.28. The van der Waals surface area contributed by atoms with Crippen LogP contribution in [0.15, 0.2) is 39.7 Å². The zero-order chi connectivity index (χ0) is 14.1. The summed E-state index contributed by atoms with van der Waals surface area (Å²) in [6, 6.07) is 7.36. The molecule has 0 spiro atoms. The number of nitrogens with one attached hydrogen (secondary N) is 1. The molecule has 1 aromatic carbocycles. The molecule has 2 aromatic rings. The predicted octanol–water partition coefficient (Wildman–Crippen LogP) is 2.74. The summed E-state index contributed by atoms with van der Waals surface area (Å²) in [5.74, 6) is 0.611. The van der Waals surface area contributed by atoms with Crippen LogP contribution in [0.5, 0.6) is 0 Å². The van der Waals surface area contributed by atoms with Crippen LogP contribution >= 0.6 is 15.9 Å². The number of anilines is 3. The minimum absolute atomic E-state index is 0.106. The fourth-order valence-electron chi connectivity index (χ4n) is 2.00. The highest BCUT2D eigenvalue weighted by Gasteiger charge is 2.23. The fraction of sp³-hybridized carbons (Fsp3) is 0.286. The van der Waals surface area contributed by atoms with Crippen LogP contribution in [0.4, 0.5) is 17.1 Å². The Balaban J connectivity index is 1.86. The van der Waals surface area contributed by atoms with E-state index in [2.05, 4.69) is 26.3 Å². The van der Waals surface area contributed by atoms with Crippen LogP contribution < -0.4 is 16.6 Å². The van der Waals surface area contributed by atoms with Gasteiger partial charge in [0.05, 0.1) is 11.9 Å². The molecule has 5 nitrogen and oxygen atoms in total. The molecule has 1 saturated carbocycles. The highest BCUT2D eigenvalue weighted by atomic mass is 79.9. The molecule has 0 atom stereocenters. The van der Waals surface area contributed by atoms with Crippen molar-refractivity contribution in [3.63, 3.8) is 0 Å². The first kappa shape index (κ1) is 13.2. The maximum absolute atomic E-state index is 12.2. The number of aromatic nitrogens is 2. The number of hydrogen-bond acceptors (Lipinski definition) is 4. The lowest BCUT2D eigenvalue weighted by Gasteiger charge is -2.10. The van der Waals surface area contributed by atoms with Gasteiger partial charge in [-0.15, -0.1) is 0 Å². The summed E-state index contributed by atoms with van der Waals surface area (Å²) in [5.41, 5.74) is 7.77. The molecule has 1 aromatic heterocycles. The summed E-state index contributed by atoms with van der Waals surface area (Å²) in [6.45, 7) is 0.704. The first-order valence-corrected chi connectivity index (χ1v) is 7.31. The van der Waals surface area contributed by atoms with Crippen molar-refractivity contribution in [2.75, 3.05) is 11.1 Å². The summed E-state index contributed by atoms with van der Waals surface area (Å²) in [5, 5.41) is 7.37. The first-order valence-electron chi connectivity index (χ1n) is 6.51. The second-order valence-electron chi connectivity index (χ2n) is 5.05. The van der Waals surface area contributed by atoms with E-state index in [1.165, 1.54) is 17.5 Å². The van der Waals surface area contributed by atoms with Crippen LogP contribution in [-0.4, -0.2) is 9.78 Å². The molecule has 3 N–H and O–H groups in total. The molecule has 0 bridgehead atoms. The van der Waals surface area contributed by atoms with Gasteiger partial charge in [-0.2, -0.15) is 5.10 Å². The number of nitrogen functional groups attached to an aromatic ring is 1. The average Bonchev–Trinajstić information content (AvgIpc) is 3.23. The Morgan fingerprint density at radius 1 is 1.45 bits per heavy atom. The van der Waals surface area contributed by atoms with Crippen LogP contribution in [-0.2, 0) is 6.54 Å². The summed E-state index contributed by atoms with van der Waals surface area (Å²) in [7, 11) is 0. The van der Waals surface area contributed by atoms with E-state index in [1.54, 1.807) is 6.20 Å². The van der Waals surface area contributed by atoms with Gasteiger partial charge in [0.25, 0.3) is 5.56 Å². The zero-order valence-corrected chi connectivity index (χ0v) is 12.4. The number of nitrogens with two attached hydrogens (primary N) is 1. The molecule has 6 heteroatoms. The highest BCUT2D eigenvalue weighted by Crippen LogP contribution is 2.30. The van der Waals surface area contributed by atoms with Crippen molar-refractivity contribution < 1.29 is 0 Å². The van der Waals surface area contributed by atoms with Gasteiger partial charge in [-0.25, -0.2) is 4.68 Å². The van der Waals surface area contributed by atoms with E-state index in [4.69, 9.17) is 5.73 Å². The van der Waals surface area contributed by atoms with Crippen LogP contribution in [0.1, 0.15) is 12.8 Å². The Kier molecular flexibility index (Phi) is 3.48. The molecule has 1 fully saturated rings. The Bertz CT molecular complexity index is 694. The van der Waals surface area contributed by atoms with Crippen LogP contribution in [0.2, 0.25) is 0 Å². The zero-order valence-electron chi connectivity index (χ0n) is 10.8. The van der Waals surface area contributed by atoms with Gasteiger partial charge in [-0.1, -0.05) is 6.07 Å². The van der Waals surface area contributed by atoms with Crippen LogP contribution in [0.25, 0.3) is 0 Å². The van der Waals surface area contributed by atoms with Gasteiger partial charge < -0.3 is 11.1 Å². The lowest BCUT2D eigenvalue weighted by Crippen LogP contribution is -2.24. The van der Waals surface area contributed by atoms with Crippen molar-refractivity contribution in [3.05, 3.63) is 45.3 Å². The molecule has 0 saturated heterocycles. The van der Waals surface area contributed by atoms with Gasteiger partial charge in [-0.05, 0) is 52.9 Å². The van der Waals surface area contributed by atoms with Gasteiger partial charge in [0.15, 0.2) is 0 Å². The van der Waals surface area contributed by atoms with E-state index < -0.39 is 0 Å². The van der Waals surface area contributed by atoms with Crippen molar-refractivity contribution >= 4 is 33.0 Å². The molecule has 1 aliphatic rings. The number of rotatable bonds is 4. The van der Waals surface area contributed by atoms with Gasteiger partial charge in [0.1, 0.15) is 4.47 Å². The van der Waals surface area contributed by atoms with E-state index >= 15 is 0 Å². The number of benzene rings is 1. The van der Waals surface area contributed by atoms with Gasteiger partial charge in [0, 0.05) is 17.9 Å². The lowest BCUT2D eigenvalue weighted by molar-refractivity contribution is 0.532. The normalized spacial score (nSPS) is 14.2. The molecule has 3 rings (SSSR count).